The van der Waals surface area contributed by atoms with Gasteiger partial charge in [-0.05, 0) is 61.2 Å². The average molecular weight is 581 g/mol. The Morgan fingerprint density at radius 3 is 2.75 bits per heavy atom. The summed E-state index contributed by atoms with van der Waals surface area (Å²) in [6.45, 7) is 0.909. The molecule has 1 aromatic heterocycles. The molecule has 4 aromatic rings. The molecule has 1 amide bonds. The molecule has 3 heterocycles. The van der Waals surface area contributed by atoms with Crippen LogP contribution in [0.1, 0.15) is 40.7 Å². The van der Waals surface area contributed by atoms with Gasteiger partial charge in [-0.15, -0.1) is 0 Å². The highest BCUT2D eigenvalue weighted by atomic mass is 35.5. The Balaban J connectivity index is 1.48. The molecule has 7 rings (SSSR count). The van der Waals surface area contributed by atoms with E-state index < -0.39 is 35.7 Å². The lowest BCUT2D eigenvalue weighted by molar-refractivity contribution is -0.119. The van der Waals surface area contributed by atoms with Gasteiger partial charge in [-0.1, -0.05) is 35.3 Å². The first-order valence-electron chi connectivity index (χ1n) is 13.0. The van der Waals surface area contributed by atoms with Gasteiger partial charge in [-0.25, -0.2) is 13.9 Å². The van der Waals surface area contributed by atoms with Gasteiger partial charge in [0.1, 0.15) is 12.4 Å². The van der Waals surface area contributed by atoms with Crippen LogP contribution in [-0.4, -0.2) is 46.0 Å². The van der Waals surface area contributed by atoms with Crippen molar-refractivity contribution in [2.45, 2.75) is 30.8 Å². The number of nitrogens with one attached hydrogen (secondary N) is 1. The fourth-order valence-corrected chi connectivity index (χ4v) is 6.28. The van der Waals surface area contributed by atoms with Gasteiger partial charge >= 0.3 is 5.97 Å². The largest absolute Gasteiger partial charge is 0.478 e. The van der Waals surface area contributed by atoms with Crippen molar-refractivity contribution in [1.82, 2.24) is 9.78 Å². The van der Waals surface area contributed by atoms with E-state index in [-0.39, 0.29) is 22.8 Å². The maximum atomic E-state index is 15.7. The SMILES string of the molecule is O=C(O)c1ccc2c3n(nc2c1)[C@@H]1[C@@H](c2cccc(Cl)c2F)C(=O)Nc2cc(Cl)ccc2N(CC2CC2)[C@@H]1CO3. The molecular weight excluding hydrogens is 558 g/mol. The highest BCUT2D eigenvalue weighted by molar-refractivity contribution is 6.31. The van der Waals surface area contributed by atoms with Crippen molar-refractivity contribution in [1.29, 1.82) is 0 Å². The molecule has 1 aliphatic carbocycles. The summed E-state index contributed by atoms with van der Waals surface area (Å²) >= 11 is 12.6. The first-order valence-corrected chi connectivity index (χ1v) is 13.7. The van der Waals surface area contributed by atoms with Crippen LogP contribution in [0.3, 0.4) is 0 Å². The molecule has 2 aliphatic heterocycles. The zero-order valence-electron chi connectivity index (χ0n) is 21.0. The lowest BCUT2D eigenvalue weighted by Gasteiger charge is -2.46. The second kappa shape index (κ2) is 9.38. The number of aromatic carboxylic acids is 1. The van der Waals surface area contributed by atoms with Gasteiger partial charge in [0.15, 0.2) is 0 Å². The fraction of sp³-hybridized carbons (Fsp3) is 0.276. The van der Waals surface area contributed by atoms with Crippen LogP contribution in [0.25, 0.3) is 10.9 Å². The Hall–Kier alpha value is -3.82. The van der Waals surface area contributed by atoms with Gasteiger partial charge < -0.3 is 20.1 Å². The van der Waals surface area contributed by atoms with Crippen LogP contribution in [0.2, 0.25) is 10.0 Å². The van der Waals surface area contributed by atoms with E-state index in [0.29, 0.717) is 40.0 Å². The van der Waals surface area contributed by atoms with Crippen LogP contribution in [0, 0.1) is 11.7 Å². The number of carboxylic acids is 1. The molecule has 40 heavy (non-hydrogen) atoms. The van der Waals surface area contributed by atoms with Gasteiger partial charge in [-0.2, -0.15) is 5.10 Å². The minimum atomic E-state index is -1.08. The number of carboxylic acid groups (broad SMARTS) is 1. The summed E-state index contributed by atoms with van der Waals surface area (Å²) < 4.78 is 23.6. The Morgan fingerprint density at radius 1 is 1.15 bits per heavy atom. The van der Waals surface area contributed by atoms with Crippen molar-refractivity contribution in [2.24, 2.45) is 5.92 Å². The molecule has 8 nitrogen and oxygen atoms in total. The quantitative estimate of drug-likeness (QED) is 0.301. The number of nitrogens with zero attached hydrogens (tertiary/aromatic N) is 3. The number of amides is 1. The van der Waals surface area contributed by atoms with Crippen molar-refractivity contribution in [2.75, 3.05) is 23.4 Å². The number of halogens is 3. The van der Waals surface area contributed by atoms with Crippen molar-refractivity contribution < 1.29 is 23.8 Å². The standard InChI is InChI=1S/C29H23Cl2FN4O4/c30-16-7-9-22-21(11-16)33-27(37)24(18-2-1-3-19(31)25(18)32)26-23(35(22)12-14-4-5-14)13-40-28-17-8-6-15(29(38)39)10-20(17)34-36(26)28/h1-3,6-11,14,23-24,26H,4-5,12-13H2,(H,33,37)(H,38,39)/t23-,24-,26+/m1/s1. The molecule has 11 heteroatoms. The molecule has 204 valence electrons. The van der Waals surface area contributed by atoms with E-state index in [1.54, 1.807) is 35.0 Å². The van der Waals surface area contributed by atoms with Crippen molar-refractivity contribution in [3.63, 3.8) is 0 Å². The summed E-state index contributed by atoms with van der Waals surface area (Å²) in [5.41, 5.74) is 1.95. The summed E-state index contributed by atoms with van der Waals surface area (Å²) in [6.07, 6.45) is 2.18. The number of hydrogen-bond acceptors (Lipinski definition) is 5. The van der Waals surface area contributed by atoms with Gasteiger partial charge in [0, 0.05) is 17.1 Å². The molecule has 0 radical (unpaired) electrons. The molecule has 0 spiro atoms. The Bertz CT molecular complexity index is 1710. The van der Waals surface area contributed by atoms with Gasteiger partial charge in [-0.3, -0.25) is 4.79 Å². The summed E-state index contributed by atoms with van der Waals surface area (Å²) in [7, 11) is 0. The van der Waals surface area contributed by atoms with Gasteiger partial charge in [0.05, 0.1) is 50.9 Å². The molecular formula is C29H23Cl2FN4O4. The second-order valence-electron chi connectivity index (χ2n) is 10.5. The summed E-state index contributed by atoms with van der Waals surface area (Å²) in [6, 6.07) is 13.5. The molecule has 0 bridgehead atoms. The fourth-order valence-electron chi connectivity index (χ4n) is 5.92. The lowest BCUT2D eigenvalue weighted by atomic mass is 9.83. The maximum Gasteiger partial charge on any atom is 0.335 e. The number of hydrogen-bond donors (Lipinski definition) is 2. The van der Waals surface area contributed by atoms with E-state index in [1.807, 2.05) is 6.07 Å². The zero-order chi connectivity index (χ0) is 27.7. The highest BCUT2D eigenvalue weighted by Gasteiger charge is 2.48. The second-order valence-corrected chi connectivity index (χ2v) is 11.4. The first kappa shape index (κ1) is 25.2. The molecule has 0 saturated heterocycles. The van der Waals surface area contributed by atoms with E-state index in [4.69, 9.17) is 33.0 Å². The smallest absolute Gasteiger partial charge is 0.335 e. The van der Waals surface area contributed by atoms with E-state index in [9.17, 15) is 14.7 Å². The zero-order valence-corrected chi connectivity index (χ0v) is 22.5. The summed E-state index contributed by atoms with van der Waals surface area (Å²) in [5, 5.41) is 18.3. The predicted molar refractivity (Wildman–Crippen MR) is 149 cm³/mol. The van der Waals surface area contributed by atoms with Crippen LogP contribution in [-0.2, 0) is 4.79 Å². The third kappa shape index (κ3) is 4.07. The number of aromatic nitrogens is 2. The first-order chi connectivity index (χ1) is 19.3. The van der Waals surface area contributed by atoms with Crippen molar-refractivity contribution in [3.05, 3.63) is 81.6 Å². The minimum Gasteiger partial charge on any atom is -0.478 e. The third-order valence-electron chi connectivity index (χ3n) is 7.98. The predicted octanol–water partition coefficient (Wildman–Crippen LogP) is 6.14. The molecule has 3 aromatic carbocycles. The van der Waals surface area contributed by atoms with Crippen molar-refractivity contribution >= 4 is 57.4 Å². The summed E-state index contributed by atoms with van der Waals surface area (Å²) in [5.74, 6) is -2.38. The number of carbonyl (C=O) groups excluding carboxylic acids is 1. The number of rotatable bonds is 4. The molecule has 1 saturated carbocycles. The van der Waals surface area contributed by atoms with E-state index in [0.717, 1.165) is 18.5 Å². The lowest BCUT2D eigenvalue weighted by Crippen LogP contribution is -2.54. The average Bonchev–Trinajstić information content (AvgIpc) is 3.67. The Kier molecular flexibility index (Phi) is 5.90. The summed E-state index contributed by atoms with van der Waals surface area (Å²) in [4.78, 5) is 28.0. The van der Waals surface area contributed by atoms with E-state index >= 15 is 4.39 Å². The molecule has 1 fully saturated rings. The number of fused-ring (bicyclic) bond motifs is 6. The Morgan fingerprint density at radius 2 is 1.98 bits per heavy atom. The van der Waals surface area contributed by atoms with Crippen LogP contribution < -0.4 is 15.0 Å². The molecule has 0 unspecified atom stereocenters. The third-order valence-corrected chi connectivity index (χ3v) is 8.51. The molecule has 3 atom stereocenters. The van der Waals surface area contributed by atoms with Gasteiger partial charge in [0.2, 0.25) is 11.8 Å². The topological polar surface area (TPSA) is 96.7 Å². The van der Waals surface area contributed by atoms with Crippen LogP contribution in [0.4, 0.5) is 15.8 Å². The molecule has 2 N–H and O–H groups in total. The van der Waals surface area contributed by atoms with Crippen molar-refractivity contribution in [3.8, 4) is 5.88 Å². The molecule has 3 aliphatic rings. The van der Waals surface area contributed by atoms with Gasteiger partial charge in [0.25, 0.3) is 0 Å². The van der Waals surface area contributed by atoms with E-state index in [1.165, 1.54) is 18.2 Å². The Labute approximate surface area is 238 Å². The van der Waals surface area contributed by atoms with Crippen LogP contribution in [0.5, 0.6) is 5.88 Å². The monoisotopic (exact) mass is 580 g/mol. The number of ether oxygens (including phenoxy) is 1. The minimum absolute atomic E-state index is 0.0773. The van der Waals surface area contributed by atoms with E-state index in [2.05, 4.69) is 10.2 Å². The van der Waals surface area contributed by atoms with Crippen LogP contribution >= 0.6 is 23.2 Å². The van der Waals surface area contributed by atoms with Crippen LogP contribution in [0.15, 0.2) is 54.6 Å². The number of benzene rings is 3. The highest BCUT2D eigenvalue weighted by Crippen LogP contribution is 2.48. The normalized spacial score (nSPS) is 21.9. The maximum absolute atomic E-state index is 15.7. The number of carbonyl (C=O) groups is 2. The number of anilines is 2.